The predicted octanol–water partition coefficient (Wildman–Crippen LogP) is 2.26. The Balaban J connectivity index is 1.56. The summed E-state index contributed by atoms with van der Waals surface area (Å²) >= 11 is 3.49. The molecule has 0 radical (unpaired) electrons. The minimum atomic E-state index is 0.247. The number of piperidine rings is 2. The lowest BCUT2D eigenvalue weighted by molar-refractivity contribution is -0.921. The molecule has 0 spiro atoms. The maximum atomic E-state index is 12.7. The lowest BCUT2D eigenvalue weighted by Crippen LogP contribution is -3.12. The molecule has 1 aromatic carbocycles. The fourth-order valence-electron chi connectivity index (χ4n) is 3.79. The first-order valence-corrected chi connectivity index (χ1v) is 9.38. The molecule has 0 aliphatic carbocycles. The third-order valence-corrected chi connectivity index (χ3v) is 5.53. The molecule has 1 unspecified atom stereocenters. The van der Waals surface area contributed by atoms with Gasteiger partial charge in [-0.05, 0) is 44.2 Å². The summed E-state index contributed by atoms with van der Waals surface area (Å²) in [4.78, 5) is 16.4. The second-order valence-corrected chi connectivity index (χ2v) is 7.65. The lowest BCUT2D eigenvalue weighted by Gasteiger charge is -2.34. The van der Waals surface area contributed by atoms with Crippen LogP contribution in [0.2, 0.25) is 0 Å². The van der Waals surface area contributed by atoms with E-state index in [-0.39, 0.29) is 5.92 Å². The molecule has 1 amide bonds. The molecule has 3 nitrogen and oxygen atoms in total. The number of nitrogens with zero attached hydrogens (tertiary/aromatic N) is 1. The Kier molecular flexibility index (Phi) is 5.53. The van der Waals surface area contributed by atoms with Crippen LogP contribution >= 0.6 is 15.9 Å². The van der Waals surface area contributed by atoms with Crippen LogP contribution in [-0.2, 0) is 11.3 Å². The van der Waals surface area contributed by atoms with E-state index in [2.05, 4.69) is 45.1 Å². The van der Waals surface area contributed by atoms with Gasteiger partial charge in [0.2, 0.25) is 5.91 Å². The fraction of sp³-hybridized carbons (Fsp3) is 0.611. The molecule has 0 bridgehead atoms. The maximum absolute atomic E-state index is 12.7. The van der Waals surface area contributed by atoms with Gasteiger partial charge in [-0.15, -0.1) is 0 Å². The van der Waals surface area contributed by atoms with Crippen LogP contribution in [0.3, 0.4) is 0 Å². The Hall–Kier alpha value is -0.870. The third-order valence-electron chi connectivity index (χ3n) is 5.00. The third kappa shape index (κ3) is 4.11. The van der Waals surface area contributed by atoms with E-state index in [4.69, 9.17) is 0 Å². The van der Waals surface area contributed by atoms with Crippen LogP contribution in [0.4, 0.5) is 0 Å². The molecule has 120 valence electrons. The van der Waals surface area contributed by atoms with Crippen LogP contribution in [0, 0.1) is 5.92 Å². The van der Waals surface area contributed by atoms with Crippen molar-refractivity contribution in [3.8, 4) is 0 Å². The van der Waals surface area contributed by atoms with Gasteiger partial charge in [-0.25, -0.2) is 0 Å². The number of hydrogen-bond donors (Lipinski definition) is 1. The molecule has 2 saturated heterocycles. The van der Waals surface area contributed by atoms with Crippen molar-refractivity contribution in [3.05, 3.63) is 34.3 Å². The summed E-state index contributed by atoms with van der Waals surface area (Å²) in [5.74, 6) is 0.671. The Bertz CT molecular complexity index is 496. The number of hydrogen-bond acceptors (Lipinski definition) is 1. The molecule has 1 aromatic rings. The molecule has 2 aliphatic rings. The van der Waals surface area contributed by atoms with Gasteiger partial charge in [0.15, 0.2) is 0 Å². The molecule has 2 fully saturated rings. The summed E-state index contributed by atoms with van der Waals surface area (Å²) < 4.78 is 1.13. The van der Waals surface area contributed by atoms with E-state index in [0.717, 1.165) is 37.1 Å². The Morgan fingerprint density at radius 2 is 1.86 bits per heavy atom. The second-order valence-electron chi connectivity index (χ2n) is 6.73. The normalized spacial score (nSPS) is 26.0. The molecule has 0 saturated carbocycles. The number of amides is 1. The van der Waals surface area contributed by atoms with Crippen molar-refractivity contribution in [3.63, 3.8) is 0 Å². The van der Waals surface area contributed by atoms with Crippen molar-refractivity contribution in [1.82, 2.24) is 4.90 Å². The van der Waals surface area contributed by atoms with E-state index in [1.807, 2.05) is 0 Å². The van der Waals surface area contributed by atoms with Gasteiger partial charge < -0.3 is 9.80 Å². The predicted molar refractivity (Wildman–Crippen MR) is 91.7 cm³/mol. The highest BCUT2D eigenvalue weighted by Gasteiger charge is 2.32. The first-order chi connectivity index (χ1) is 10.7. The van der Waals surface area contributed by atoms with Gasteiger partial charge in [0.25, 0.3) is 0 Å². The van der Waals surface area contributed by atoms with Crippen molar-refractivity contribution in [2.75, 3.05) is 26.2 Å². The zero-order chi connectivity index (χ0) is 15.4. The average molecular weight is 366 g/mol. The summed E-state index contributed by atoms with van der Waals surface area (Å²) in [7, 11) is 0. The minimum Gasteiger partial charge on any atom is -0.342 e. The standard InChI is InChI=1S/C18H25BrN2O/c19-17-8-6-15(7-9-17)13-20-10-4-5-16(14-20)18(22)21-11-2-1-3-12-21/h6-9,16H,1-5,10-14H2/p+1/t16-/m1/s1. The first-order valence-electron chi connectivity index (χ1n) is 8.59. The van der Waals surface area contributed by atoms with Crippen LogP contribution in [-0.4, -0.2) is 37.0 Å². The van der Waals surface area contributed by atoms with Gasteiger partial charge in [-0.2, -0.15) is 0 Å². The summed E-state index contributed by atoms with van der Waals surface area (Å²) in [6.07, 6.45) is 5.92. The topological polar surface area (TPSA) is 24.8 Å². The van der Waals surface area contributed by atoms with Gasteiger partial charge in [-0.1, -0.05) is 28.1 Å². The molecular formula is C18H26BrN2O+. The zero-order valence-electron chi connectivity index (χ0n) is 13.2. The molecule has 2 aliphatic heterocycles. The largest absolute Gasteiger partial charge is 0.342 e. The van der Waals surface area contributed by atoms with Gasteiger partial charge in [0, 0.05) is 23.1 Å². The van der Waals surface area contributed by atoms with Crippen LogP contribution in [0.5, 0.6) is 0 Å². The van der Waals surface area contributed by atoms with Gasteiger partial charge >= 0.3 is 0 Å². The molecule has 2 heterocycles. The van der Waals surface area contributed by atoms with Crippen molar-refractivity contribution in [2.45, 2.75) is 38.6 Å². The molecule has 1 N–H and O–H groups in total. The summed E-state index contributed by atoms with van der Waals surface area (Å²) in [6.45, 7) is 5.21. The number of likely N-dealkylation sites (tertiary alicyclic amines) is 2. The number of quaternary nitrogens is 1. The Morgan fingerprint density at radius 1 is 1.14 bits per heavy atom. The van der Waals surface area contributed by atoms with E-state index in [0.29, 0.717) is 5.91 Å². The van der Waals surface area contributed by atoms with E-state index in [9.17, 15) is 4.79 Å². The molecule has 2 atom stereocenters. The fourth-order valence-corrected chi connectivity index (χ4v) is 4.05. The van der Waals surface area contributed by atoms with Crippen molar-refractivity contribution >= 4 is 21.8 Å². The monoisotopic (exact) mass is 365 g/mol. The number of carbonyl (C=O) groups excluding carboxylic acids is 1. The average Bonchev–Trinajstić information content (AvgIpc) is 2.57. The number of halogens is 1. The first kappa shape index (κ1) is 16.0. The van der Waals surface area contributed by atoms with Gasteiger partial charge in [0.05, 0.1) is 19.0 Å². The highest BCUT2D eigenvalue weighted by atomic mass is 79.9. The van der Waals surface area contributed by atoms with Crippen molar-refractivity contribution in [2.24, 2.45) is 5.92 Å². The van der Waals surface area contributed by atoms with E-state index in [1.54, 1.807) is 4.90 Å². The SMILES string of the molecule is O=C([C@@H]1CCC[NH+](Cc2ccc(Br)cc2)C1)N1CCCCC1. The summed E-state index contributed by atoms with van der Waals surface area (Å²) in [5, 5.41) is 0. The highest BCUT2D eigenvalue weighted by Crippen LogP contribution is 2.17. The number of benzene rings is 1. The smallest absolute Gasteiger partial charge is 0.231 e. The highest BCUT2D eigenvalue weighted by molar-refractivity contribution is 9.10. The minimum absolute atomic E-state index is 0.247. The summed E-state index contributed by atoms with van der Waals surface area (Å²) in [5.41, 5.74) is 1.37. The lowest BCUT2D eigenvalue weighted by atomic mass is 9.95. The zero-order valence-corrected chi connectivity index (χ0v) is 14.8. The second kappa shape index (κ2) is 7.60. The van der Waals surface area contributed by atoms with E-state index >= 15 is 0 Å². The van der Waals surface area contributed by atoms with Gasteiger partial charge in [-0.3, -0.25) is 4.79 Å². The number of rotatable bonds is 3. The van der Waals surface area contributed by atoms with Gasteiger partial charge in [0.1, 0.15) is 6.54 Å². The Labute approximate surface area is 141 Å². The molecule has 22 heavy (non-hydrogen) atoms. The maximum Gasteiger partial charge on any atom is 0.231 e. The van der Waals surface area contributed by atoms with E-state index in [1.165, 1.54) is 37.8 Å². The van der Waals surface area contributed by atoms with E-state index < -0.39 is 0 Å². The molecule has 4 heteroatoms. The van der Waals surface area contributed by atoms with Crippen molar-refractivity contribution < 1.29 is 9.69 Å². The van der Waals surface area contributed by atoms with Crippen molar-refractivity contribution in [1.29, 1.82) is 0 Å². The number of carbonyl (C=O) groups is 1. The van der Waals surface area contributed by atoms with Crippen LogP contribution < -0.4 is 4.90 Å². The number of nitrogens with one attached hydrogen (secondary N) is 1. The Morgan fingerprint density at radius 3 is 2.59 bits per heavy atom. The molecule has 0 aromatic heterocycles. The summed E-state index contributed by atoms with van der Waals surface area (Å²) in [6, 6.07) is 8.59. The van der Waals surface area contributed by atoms with Crippen LogP contribution in [0.1, 0.15) is 37.7 Å². The quantitative estimate of drug-likeness (QED) is 0.872. The molecule has 3 rings (SSSR count). The molecular weight excluding hydrogens is 340 g/mol. The van der Waals surface area contributed by atoms with Crippen LogP contribution in [0.15, 0.2) is 28.7 Å². The van der Waals surface area contributed by atoms with Crippen LogP contribution in [0.25, 0.3) is 0 Å².